The molecule has 1 aromatic carbocycles. The molecule has 0 aromatic heterocycles. The van der Waals surface area contributed by atoms with E-state index in [1.807, 2.05) is 0 Å². The zero-order chi connectivity index (χ0) is 13.1. The van der Waals surface area contributed by atoms with Crippen molar-refractivity contribution in [3.8, 4) is 0 Å². The van der Waals surface area contributed by atoms with Gasteiger partial charge in [0.15, 0.2) is 0 Å². The Hall–Kier alpha value is -0.683. The lowest BCUT2D eigenvalue weighted by molar-refractivity contribution is -0.0413. The first-order valence-electron chi connectivity index (χ1n) is 7.14. The first kappa shape index (κ1) is 13.3. The average Bonchev–Trinajstić information content (AvgIpc) is 2.31. The van der Waals surface area contributed by atoms with Crippen LogP contribution in [0.15, 0.2) is 30.3 Å². The molecule has 2 aliphatic rings. The fourth-order valence-corrected chi connectivity index (χ4v) is 5.79. The molecule has 0 radical (unpaired) electrons. The fourth-order valence-electron chi connectivity index (χ4n) is 2.65. The summed E-state index contributed by atoms with van der Waals surface area (Å²) in [5, 5.41) is 1.40. The first-order chi connectivity index (χ1) is 9.29. The van der Waals surface area contributed by atoms with Crippen molar-refractivity contribution in [2.75, 3.05) is 33.0 Å². The van der Waals surface area contributed by atoms with Crippen molar-refractivity contribution in [3.63, 3.8) is 0 Å². The highest BCUT2D eigenvalue weighted by Gasteiger charge is 2.44. The molecular formula is C15H22O3Si. The first-order valence-corrected chi connectivity index (χ1v) is 9.62. The zero-order valence-electron chi connectivity index (χ0n) is 11.5. The van der Waals surface area contributed by atoms with Gasteiger partial charge in [-0.3, -0.25) is 0 Å². The van der Waals surface area contributed by atoms with Gasteiger partial charge >= 0.3 is 0 Å². The topological polar surface area (TPSA) is 27.7 Å². The van der Waals surface area contributed by atoms with Crippen LogP contribution in [0.5, 0.6) is 0 Å². The van der Waals surface area contributed by atoms with Crippen molar-refractivity contribution in [1.29, 1.82) is 0 Å². The molecule has 0 saturated carbocycles. The highest BCUT2D eigenvalue weighted by Crippen LogP contribution is 2.31. The number of benzene rings is 1. The highest BCUT2D eigenvalue weighted by molar-refractivity contribution is 6.87. The van der Waals surface area contributed by atoms with Crippen molar-refractivity contribution in [2.45, 2.75) is 18.5 Å². The van der Waals surface area contributed by atoms with Gasteiger partial charge in [0.1, 0.15) is 0 Å². The lowest BCUT2D eigenvalue weighted by atomic mass is 10.1. The van der Waals surface area contributed by atoms with Crippen molar-refractivity contribution in [1.82, 2.24) is 0 Å². The number of ether oxygens (including phenoxy) is 2. The SMILES string of the molecule is C[Si](OCCC1COC1)(c1ccccc1)C1COC1. The smallest absolute Gasteiger partial charge is 0.228 e. The summed E-state index contributed by atoms with van der Waals surface area (Å²) in [6, 6.07) is 10.7. The van der Waals surface area contributed by atoms with E-state index in [9.17, 15) is 0 Å². The Bertz CT molecular complexity index is 403. The van der Waals surface area contributed by atoms with E-state index < -0.39 is 8.32 Å². The van der Waals surface area contributed by atoms with Crippen molar-refractivity contribution < 1.29 is 13.9 Å². The van der Waals surface area contributed by atoms with Crippen LogP contribution in [0.4, 0.5) is 0 Å². The van der Waals surface area contributed by atoms with E-state index in [1.54, 1.807) is 0 Å². The van der Waals surface area contributed by atoms with Gasteiger partial charge in [-0.1, -0.05) is 30.3 Å². The van der Waals surface area contributed by atoms with Gasteiger partial charge in [-0.25, -0.2) is 0 Å². The summed E-state index contributed by atoms with van der Waals surface area (Å²) in [6.45, 7) is 6.77. The third-order valence-corrected chi connectivity index (χ3v) is 8.57. The summed E-state index contributed by atoms with van der Waals surface area (Å²) in [4.78, 5) is 0. The second kappa shape index (κ2) is 5.75. The van der Waals surface area contributed by atoms with E-state index in [0.29, 0.717) is 11.5 Å². The molecule has 2 aliphatic heterocycles. The van der Waals surface area contributed by atoms with Gasteiger partial charge in [-0.15, -0.1) is 0 Å². The average molecular weight is 278 g/mol. The fraction of sp³-hybridized carbons (Fsp3) is 0.600. The molecule has 3 nitrogen and oxygen atoms in total. The van der Waals surface area contributed by atoms with Crippen LogP contribution in [0, 0.1) is 5.92 Å². The molecule has 1 unspecified atom stereocenters. The lowest BCUT2D eigenvalue weighted by Crippen LogP contribution is -2.58. The van der Waals surface area contributed by atoms with Gasteiger partial charge in [0, 0.05) is 18.1 Å². The molecule has 2 saturated heterocycles. The van der Waals surface area contributed by atoms with Gasteiger partial charge in [0.25, 0.3) is 0 Å². The summed E-state index contributed by atoms with van der Waals surface area (Å²) >= 11 is 0. The molecule has 1 aromatic rings. The summed E-state index contributed by atoms with van der Waals surface area (Å²) in [5.74, 6) is 0.715. The standard InChI is InChI=1S/C15H22O3Si/c1-19(15-11-17-12-15,14-5-3-2-4-6-14)18-8-7-13-9-16-10-13/h2-6,13,15H,7-12H2,1H3. The maximum Gasteiger partial charge on any atom is 0.228 e. The van der Waals surface area contributed by atoms with E-state index in [2.05, 4.69) is 36.9 Å². The Labute approximate surface area is 116 Å². The monoisotopic (exact) mass is 278 g/mol. The molecule has 1 atom stereocenters. The quantitative estimate of drug-likeness (QED) is 0.744. The second-order valence-electron chi connectivity index (χ2n) is 5.75. The third-order valence-electron chi connectivity index (χ3n) is 4.40. The summed E-state index contributed by atoms with van der Waals surface area (Å²) < 4.78 is 17.0. The molecule has 0 N–H and O–H groups in total. The van der Waals surface area contributed by atoms with Crippen LogP contribution in [-0.4, -0.2) is 41.4 Å². The predicted molar refractivity (Wildman–Crippen MR) is 77.1 cm³/mol. The number of hydrogen-bond acceptors (Lipinski definition) is 3. The summed E-state index contributed by atoms with van der Waals surface area (Å²) in [5.41, 5.74) is 0.604. The van der Waals surface area contributed by atoms with Crippen molar-refractivity contribution >= 4 is 13.5 Å². The third kappa shape index (κ3) is 2.77. The van der Waals surface area contributed by atoms with E-state index >= 15 is 0 Å². The van der Waals surface area contributed by atoms with Gasteiger partial charge in [-0.2, -0.15) is 0 Å². The van der Waals surface area contributed by atoms with Gasteiger partial charge in [0.05, 0.1) is 26.4 Å². The van der Waals surface area contributed by atoms with Crippen LogP contribution < -0.4 is 5.19 Å². The second-order valence-corrected chi connectivity index (χ2v) is 9.64. The Morgan fingerprint density at radius 1 is 1.11 bits per heavy atom. The Morgan fingerprint density at radius 2 is 1.79 bits per heavy atom. The molecule has 2 fully saturated rings. The van der Waals surface area contributed by atoms with Crippen LogP contribution in [0.3, 0.4) is 0 Å². The van der Waals surface area contributed by atoms with Gasteiger partial charge < -0.3 is 13.9 Å². The van der Waals surface area contributed by atoms with E-state index in [1.165, 1.54) is 5.19 Å². The minimum Gasteiger partial charge on any atom is -0.412 e. The Balaban J connectivity index is 1.65. The Kier molecular flexibility index (Phi) is 4.03. The number of hydrogen-bond donors (Lipinski definition) is 0. The van der Waals surface area contributed by atoms with Crippen LogP contribution in [-0.2, 0) is 13.9 Å². The van der Waals surface area contributed by atoms with Gasteiger partial charge in [0.2, 0.25) is 8.32 Å². The summed E-state index contributed by atoms with van der Waals surface area (Å²) in [6.07, 6.45) is 1.13. The summed E-state index contributed by atoms with van der Waals surface area (Å²) in [7, 11) is -1.86. The van der Waals surface area contributed by atoms with Crippen LogP contribution in [0.1, 0.15) is 6.42 Å². The molecule has 19 heavy (non-hydrogen) atoms. The zero-order valence-corrected chi connectivity index (χ0v) is 12.5. The maximum absolute atomic E-state index is 6.43. The van der Waals surface area contributed by atoms with Crippen molar-refractivity contribution in [3.05, 3.63) is 30.3 Å². The van der Waals surface area contributed by atoms with E-state index in [4.69, 9.17) is 13.9 Å². The molecule has 3 rings (SSSR count). The molecule has 0 spiro atoms. The highest BCUT2D eigenvalue weighted by atomic mass is 28.4. The van der Waals surface area contributed by atoms with Crippen LogP contribution in [0.2, 0.25) is 12.1 Å². The minimum absolute atomic E-state index is 0.604. The molecule has 0 amide bonds. The molecule has 2 heterocycles. The molecule has 104 valence electrons. The Morgan fingerprint density at radius 3 is 2.32 bits per heavy atom. The minimum atomic E-state index is -1.86. The molecular weight excluding hydrogens is 256 g/mol. The predicted octanol–water partition coefficient (Wildman–Crippen LogP) is 1.92. The van der Waals surface area contributed by atoms with Crippen LogP contribution >= 0.6 is 0 Å². The molecule has 4 heteroatoms. The van der Waals surface area contributed by atoms with Gasteiger partial charge in [-0.05, 0) is 18.2 Å². The normalized spacial score (nSPS) is 23.4. The molecule has 0 aliphatic carbocycles. The van der Waals surface area contributed by atoms with E-state index in [0.717, 1.165) is 39.5 Å². The number of rotatable bonds is 6. The van der Waals surface area contributed by atoms with Crippen LogP contribution in [0.25, 0.3) is 0 Å². The largest absolute Gasteiger partial charge is 0.412 e. The maximum atomic E-state index is 6.43. The molecule has 0 bridgehead atoms. The van der Waals surface area contributed by atoms with E-state index in [-0.39, 0.29) is 0 Å². The van der Waals surface area contributed by atoms with Crippen molar-refractivity contribution in [2.24, 2.45) is 5.92 Å². The lowest BCUT2D eigenvalue weighted by Gasteiger charge is -2.41.